The Hall–Kier alpha value is -2.92. The molecule has 0 spiro atoms. The second-order valence-corrected chi connectivity index (χ2v) is 9.61. The van der Waals surface area contributed by atoms with Gasteiger partial charge in [-0.3, -0.25) is 9.59 Å². The van der Waals surface area contributed by atoms with Crippen LogP contribution in [0, 0.1) is 17.5 Å². The van der Waals surface area contributed by atoms with Crippen LogP contribution in [0.4, 0.5) is 18.9 Å². The Kier molecular flexibility index (Phi) is 6.89. The van der Waals surface area contributed by atoms with Gasteiger partial charge < -0.3 is 10.2 Å². The van der Waals surface area contributed by atoms with Gasteiger partial charge in [0, 0.05) is 13.6 Å². The molecule has 1 heterocycles. The second-order valence-electron chi connectivity index (χ2n) is 7.40. The fourth-order valence-electron chi connectivity index (χ4n) is 3.53. The number of fused-ring (bicyclic) bond motifs is 1. The summed E-state index contributed by atoms with van der Waals surface area (Å²) in [6, 6.07) is 7.65. The van der Waals surface area contributed by atoms with Crippen LogP contribution >= 0.6 is 0 Å². The lowest BCUT2D eigenvalue weighted by Crippen LogP contribution is -2.54. The lowest BCUT2D eigenvalue weighted by Gasteiger charge is -2.36. The number of nitrogens with one attached hydrogen (secondary N) is 1. The molecule has 0 saturated heterocycles. The zero-order chi connectivity index (χ0) is 23.6. The van der Waals surface area contributed by atoms with Gasteiger partial charge in [-0.2, -0.15) is 4.31 Å². The highest BCUT2D eigenvalue weighted by Crippen LogP contribution is 2.27. The number of carbonyl (C=O) groups is 2. The first-order valence-electron chi connectivity index (χ1n) is 9.79. The summed E-state index contributed by atoms with van der Waals surface area (Å²) >= 11 is 0. The van der Waals surface area contributed by atoms with Crippen LogP contribution in [-0.2, 0) is 32.6 Å². The van der Waals surface area contributed by atoms with E-state index < -0.39 is 57.6 Å². The molecular weight excluding hydrogens is 447 g/mol. The summed E-state index contributed by atoms with van der Waals surface area (Å²) < 4.78 is 66.6. The summed E-state index contributed by atoms with van der Waals surface area (Å²) in [5, 5.41) is 2.09. The Labute approximate surface area is 183 Å². The number of sulfonamides is 1. The van der Waals surface area contributed by atoms with Crippen molar-refractivity contribution in [2.75, 3.05) is 24.7 Å². The minimum absolute atomic E-state index is 0.0306. The quantitative estimate of drug-likeness (QED) is 0.658. The van der Waals surface area contributed by atoms with Crippen molar-refractivity contribution in [1.29, 1.82) is 0 Å². The number of nitrogens with zero attached hydrogens (tertiary/aromatic N) is 2. The molecule has 0 saturated carbocycles. The number of anilines is 1. The number of hydrogen-bond donors (Lipinski definition) is 1. The van der Waals surface area contributed by atoms with Crippen molar-refractivity contribution in [3.05, 3.63) is 65.0 Å². The molecule has 1 atom stereocenters. The summed E-state index contributed by atoms with van der Waals surface area (Å²) in [5.41, 5.74) is 1.05. The zero-order valence-corrected chi connectivity index (χ0v) is 18.3. The molecule has 7 nitrogen and oxygen atoms in total. The maximum Gasteiger partial charge on any atom is 0.244 e. The van der Waals surface area contributed by atoms with Gasteiger partial charge in [-0.1, -0.05) is 24.3 Å². The van der Waals surface area contributed by atoms with Crippen LogP contribution in [0.1, 0.15) is 18.1 Å². The minimum atomic E-state index is -3.72. The van der Waals surface area contributed by atoms with E-state index in [1.807, 2.05) is 6.07 Å². The molecule has 2 aromatic carbocycles. The Bertz CT molecular complexity index is 1160. The van der Waals surface area contributed by atoms with Gasteiger partial charge in [-0.25, -0.2) is 21.6 Å². The van der Waals surface area contributed by atoms with E-state index in [1.54, 1.807) is 18.2 Å². The fraction of sp³-hybridized carbons (Fsp3) is 0.333. The van der Waals surface area contributed by atoms with Crippen LogP contribution in [0.2, 0.25) is 0 Å². The van der Waals surface area contributed by atoms with E-state index >= 15 is 0 Å². The fourth-order valence-corrected chi connectivity index (χ4v) is 4.75. The van der Waals surface area contributed by atoms with E-state index in [4.69, 9.17) is 0 Å². The van der Waals surface area contributed by atoms with Crippen LogP contribution in [0.15, 0.2) is 36.4 Å². The van der Waals surface area contributed by atoms with E-state index in [-0.39, 0.29) is 18.7 Å². The summed E-state index contributed by atoms with van der Waals surface area (Å²) in [6.07, 6.45) is 0.137. The van der Waals surface area contributed by atoms with Crippen molar-refractivity contribution < 1.29 is 31.2 Å². The molecule has 2 aromatic rings. The molecule has 0 unspecified atom stereocenters. The number of benzene rings is 2. The molecule has 3 rings (SSSR count). The highest BCUT2D eigenvalue weighted by Gasteiger charge is 2.39. The van der Waals surface area contributed by atoms with Gasteiger partial charge in [-0.05, 0) is 36.6 Å². The number of carbonyl (C=O) groups excluding carboxylic acids is 2. The zero-order valence-electron chi connectivity index (χ0n) is 17.4. The molecule has 1 N–H and O–H groups in total. The Morgan fingerprint density at radius 1 is 1.09 bits per heavy atom. The smallest absolute Gasteiger partial charge is 0.244 e. The van der Waals surface area contributed by atoms with Gasteiger partial charge in [0.25, 0.3) is 0 Å². The number of amides is 2. The van der Waals surface area contributed by atoms with Crippen LogP contribution in [0.25, 0.3) is 0 Å². The maximum absolute atomic E-state index is 13.8. The number of halogens is 3. The predicted molar refractivity (Wildman–Crippen MR) is 112 cm³/mol. The normalized spacial score (nSPS) is 16.3. The summed E-state index contributed by atoms with van der Waals surface area (Å²) in [7, 11) is -2.42. The molecule has 32 heavy (non-hydrogen) atoms. The lowest BCUT2D eigenvalue weighted by atomic mass is 9.95. The molecule has 0 aliphatic carbocycles. The largest absolute Gasteiger partial charge is 0.335 e. The Balaban J connectivity index is 1.77. The van der Waals surface area contributed by atoms with Gasteiger partial charge in [0.15, 0.2) is 17.5 Å². The first-order valence-corrected chi connectivity index (χ1v) is 11.4. The van der Waals surface area contributed by atoms with Crippen molar-refractivity contribution in [2.24, 2.45) is 0 Å². The highest BCUT2D eigenvalue weighted by molar-refractivity contribution is 7.89. The van der Waals surface area contributed by atoms with Crippen LogP contribution < -0.4 is 5.32 Å². The average Bonchev–Trinajstić information content (AvgIpc) is 2.78. The molecule has 2 amide bonds. The molecule has 11 heteroatoms. The van der Waals surface area contributed by atoms with E-state index in [9.17, 15) is 31.2 Å². The van der Waals surface area contributed by atoms with Gasteiger partial charge in [0.05, 0.1) is 18.0 Å². The highest BCUT2D eigenvalue weighted by atomic mass is 32.2. The molecule has 1 aliphatic rings. The Morgan fingerprint density at radius 2 is 1.75 bits per heavy atom. The molecular formula is C21H22F3N3O4S. The number of rotatable bonds is 6. The third-order valence-corrected chi connectivity index (χ3v) is 7.11. The van der Waals surface area contributed by atoms with E-state index in [0.717, 1.165) is 26.4 Å². The van der Waals surface area contributed by atoms with E-state index in [0.29, 0.717) is 6.07 Å². The van der Waals surface area contributed by atoms with Crippen LogP contribution in [0.3, 0.4) is 0 Å². The molecule has 0 radical (unpaired) electrons. The van der Waals surface area contributed by atoms with Gasteiger partial charge in [-0.15, -0.1) is 0 Å². The van der Waals surface area contributed by atoms with Crippen molar-refractivity contribution >= 4 is 27.5 Å². The van der Waals surface area contributed by atoms with E-state index in [2.05, 4.69) is 5.32 Å². The monoisotopic (exact) mass is 469 g/mol. The first kappa shape index (κ1) is 23.7. The Morgan fingerprint density at radius 3 is 2.41 bits per heavy atom. The van der Waals surface area contributed by atoms with E-state index in [1.165, 1.54) is 14.0 Å². The molecule has 0 aromatic heterocycles. The molecule has 0 bridgehead atoms. The lowest BCUT2D eigenvalue weighted by molar-refractivity contribution is -0.137. The third kappa shape index (κ3) is 4.78. The topological polar surface area (TPSA) is 86.8 Å². The SMILES string of the molecule is CCS(=O)(=O)N1Cc2ccccc2C[C@H]1C(=O)N(C)CC(=O)Nc1ccc(F)c(F)c1F. The summed E-state index contributed by atoms with van der Waals surface area (Å²) in [6.45, 7) is 0.962. The molecule has 172 valence electrons. The standard InChI is InChI=1S/C21H22F3N3O4S/c1-3-32(30,31)27-11-14-7-5-4-6-13(14)10-17(27)21(29)26(2)12-18(28)25-16-9-8-15(22)19(23)20(16)24/h4-9,17H,3,10-12H2,1-2H3,(H,25,28)/t17-/m0/s1. The van der Waals surface area contributed by atoms with Crippen molar-refractivity contribution in [3.63, 3.8) is 0 Å². The van der Waals surface area contributed by atoms with Gasteiger partial charge in [0.2, 0.25) is 21.8 Å². The number of likely N-dealkylation sites (N-methyl/N-ethyl adjacent to an activating group) is 1. The van der Waals surface area contributed by atoms with Gasteiger partial charge in [0.1, 0.15) is 6.04 Å². The first-order chi connectivity index (χ1) is 15.0. The van der Waals surface area contributed by atoms with Crippen molar-refractivity contribution in [2.45, 2.75) is 25.9 Å². The summed E-state index contributed by atoms with van der Waals surface area (Å²) in [5.74, 6) is -6.35. The summed E-state index contributed by atoms with van der Waals surface area (Å²) in [4.78, 5) is 26.4. The molecule has 1 aliphatic heterocycles. The second kappa shape index (κ2) is 9.29. The number of hydrogen-bond acceptors (Lipinski definition) is 4. The van der Waals surface area contributed by atoms with Crippen LogP contribution in [-0.4, -0.2) is 54.8 Å². The third-order valence-electron chi connectivity index (χ3n) is 5.28. The minimum Gasteiger partial charge on any atom is -0.335 e. The van der Waals surface area contributed by atoms with Crippen molar-refractivity contribution in [3.8, 4) is 0 Å². The van der Waals surface area contributed by atoms with Crippen LogP contribution in [0.5, 0.6) is 0 Å². The molecule has 0 fully saturated rings. The predicted octanol–water partition coefficient (Wildman–Crippen LogP) is 2.28. The van der Waals surface area contributed by atoms with Crippen molar-refractivity contribution in [1.82, 2.24) is 9.21 Å². The average molecular weight is 469 g/mol. The maximum atomic E-state index is 13.8. The van der Waals surface area contributed by atoms with Gasteiger partial charge >= 0.3 is 0 Å².